The van der Waals surface area contributed by atoms with E-state index in [1.54, 1.807) is 14.2 Å². The van der Waals surface area contributed by atoms with Gasteiger partial charge in [0.05, 0.1) is 25.9 Å². The van der Waals surface area contributed by atoms with Crippen LogP contribution in [0.1, 0.15) is 17.9 Å². The summed E-state index contributed by atoms with van der Waals surface area (Å²) in [7, 11) is 3.24. The van der Waals surface area contributed by atoms with Gasteiger partial charge in [-0.25, -0.2) is 0 Å². The fraction of sp³-hybridized carbons (Fsp3) is 0.435. The molecule has 1 amide bonds. The van der Waals surface area contributed by atoms with E-state index in [-0.39, 0.29) is 24.4 Å². The van der Waals surface area contributed by atoms with Crippen molar-refractivity contribution in [2.24, 2.45) is 11.7 Å². The maximum Gasteiger partial charge on any atom is 0.244 e. The lowest BCUT2D eigenvalue weighted by Gasteiger charge is -2.24. The SMILES string of the molecule is COc1cc(OC)cc(N2CCC(N3C[C@@H](CN)[C@H](c4ccccc4)C3)C2=O)c1.Cl. The van der Waals surface area contributed by atoms with E-state index in [0.29, 0.717) is 36.4 Å². The summed E-state index contributed by atoms with van der Waals surface area (Å²) in [5, 5.41) is 0. The molecule has 2 aromatic rings. The molecule has 2 saturated heterocycles. The van der Waals surface area contributed by atoms with E-state index in [1.807, 2.05) is 29.2 Å². The molecule has 0 saturated carbocycles. The Morgan fingerprint density at radius 3 is 2.30 bits per heavy atom. The summed E-state index contributed by atoms with van der Waals surface area (Å²) in [5.41, 5.74) is 8.22. The van der Waals surface area contributed by atoms with Crippen LogP contribution in [0.15, 0.2) is 48.5 Å². The van der Waals surface area contributed by atoms with Gasteiger partial charge in [-0.1, -0.05) is 30.3 Å². The first kappa shape index (κ1) is 22.4. The second kappa shape index (κ2) is 9.69. The van der Waals surface area contributed by atoms with Gasteiger partial charge < -0.3 is 20.1 Å². The highest BCUT2D eigenvalue weighted by Gasteiger charge is 2.43. The molecule has 162 valence electrons. The summed E-state index contributed by atoms with van der Waals surface area (Å²) < 4.78 is 10.7. The van der Waals surface area contributed by atoms with Crippen molar-refractivity contribution >= 4 is 24.0 Å². The summed E-state index contributed by atoms with van der Waals surface area (Å²) in [6.45, 7) is 3.06. The summed E-state index contributed by atoms with van der Waals surface area (Å²) in [6.07, 6.45) is 0.817. The molecule has 2 heterocycles. The Kier molecular flexibility index (Phi) is 7.23. The number of benzene rings is 2. The zero-order chi connectivity index (χ0) is 20.4. The Labute approximate surface area is 184 Å². The minimum absolute atomic E-state index is 0. The summed E-state index contributed by atoms with van der Waals surface area (Å²) in [6, 6.07) is 16.0. The lowest BCUT2D eigenvalue weighted by molar-refractivity contribution is -0.121. The zero-order valence-corrected chi connectivity index (χ0v) is 18.3. The number of rotatable bonds is 6. The molecule has 1 unspecified atom stereocenters. The van der Waals surface area contributed by atoms with Gasteiger partial charge in [-0.3, -0.25) is 9.69 Å². The van der Waals surface area contributed by atoms with Gasteiger partial charge in [0.1, 0.15) is 11.5 Å². The summed E-state index contributed by atoms with van der Waals surface area (Å²) in [5.74, 6) is 2.26. The van der Waals surface area contributed by atoms with Crippen molar-refractivity contribution in [3.63, 3.8) is 0 Å². The number of ether oxygens (including phenoxy) is 2. The molecule has 7 heteroatoms. The van der Waals surface area contributed by atoms with Gasteiger partial charge >= 0.3 is 0 Å². The zero-order valence-electron chi connectivity index (χ0n) is 17.5. The Morgan fingerprint density at radius 1 is 1.03 bits per heavy atom. The highest BCUT2D eigenvalue weighted by Crippen LogP contribution is 2.37. The van der Waals surface area contributed by atoms with Gasteiger partial charge in [0, 0.05) is 43.8 Å². The molecule has 6 nitrogen and oxygen atoms in total. The number of nitrogens with zero attached hydrogens (tertiary/aromatic N) is 2. The lowest BCUT2D eigenvalue weighted by atomic mass is 9.89. The highest BCUT2D eigenvalue weighted by molar-refractivity contribution is 5.99. The van der Waals surface area contributed by atoms with Crippen LogP contribution in [0, 0.1) is 5.92 Å². The molecule has 30 heavy (non-hydrogen) atoms. The molecule has 4 rings (SSSR count). The number of likely N-dealkylation sites (tertiary alicyclic amines) is 1. The molecule has 0 spiro atoms. The second-order valence-corrected chi connectivity index (χ2v) is 7.83. The molecule has 0 aliphatic carbocycles. The fourth-order valence-corrected chi connectivity index (χ4v) is 4.68. The van der Waals surface area contributed by atoms with Crippen molar-refractivity contribution in [2.75, 3.05) is 45.3 Å². The monoisotopic (exact) mass is 431 g/mol. The van der Waals surface area contributed by atoms with Crippen LogP contribution in [-0.2, 0) is 4.79 Å². The maximum absolute atomic E-state index is 13.3. The summed E-state index contributed by atoms with van der Waals surface area (Å²) in [4.78, 5) is 17.5. The quantitative estimate of drug-likeness (QED) is 0.761. The number of hydrogen-bond acceptors (Lipinski definition) is 5. The van der Waals surface area contributed by atoms with E-state index in [1.165, 1.54) is 5.56 Å². The van der Waals surface area contributed by atoms with E-state index < -0.39 is 0 Å². The fourth-order valence-electron chi connectivity index (χ4n) is 4.68. The molecule has 2 aliphatic rings. The molecule has 2 aromatic carbocycles. The number of carbonyl (C=O) groups is 1. The average molecular weight is 432 g/mol. The van der Waals surface area contributed by atoms with Crippen LogP contribution in [0.2, 0.25) is 0 Å². The largest absolute Gasteiger partial charge is 0.497 e. The third kappa shape index (κ3) is 4.26. The first-order valence-electron chi connectivity index (χ1n) is 10.2. The van der Waals surface area contributed by atoms with E-state index in [4.69, 9.17) is 15.2 Å². The highest BCUT2D eigenvalue weighted by atomic mass is 35.5. The molecule has 2 N–H and O–H groups in total. The number of nitrogens with two attached hydrogens (primary N) is 1. The van der Waals surface area contributed by atoms with Gasteiger partial charge in [0.2, 0.25) is 5.91 Å². The Balaban J connectivity index is 0.00000256. The first-order valence-corrected chi connectivity index (χ1v) is 10.2. The maximum atomic E-state index is 13.3. The van der Waals surface area contributed by atoms with Gasteiger partial charge in [-0.05, 0) is 24.4 Å². The number of halogens is 1. The summed E-state index contributed by atoms with van der Waals surface area (Å²) >= 11 is 0. The van der Waals surface area contributed by atoms with Crippen LogP contribution in [0.3, 0.4) is 0 Å². The van der Waals surface area contributed by atoms with Crippen molar-refractivity contribution in [3.05, 3.63) is 54.1 Å². The molecule has 2 aliphatic heterocycles. The Morgan fingerprint density at radius 2 is 1.70 bits per heavy atom. The van der Waals surface area contributed by atoms with E-state index >= 15 is 0 Å². The molecule has 0 aromatic heterocycles. The number of methoxy groups -OCH3 is 2. The predicted octanol–water partition coefficient (Wildman–Crippen LogP) is 2.91. The number of carbonyl (C=O) groups excluding carboxylic acids is 1. The second-order valence-electron chi connectivity index (χ2n) is 7.83. The molecular weight excluding hydrogens is 402 g/mol. The number of anilines is 1. The third-order valence-corrected chi connectivity index (χ3v) is 6.27. The molecule has 0 bridgehead atoms. The van der Waals surface area contributed by atoms with Crippen LogP contribution in [0.4, 0.5) is 5.69 Å². The van der Waals surface area contributed by atoms with Gasteiger partial charge in [0.15, 0.2) is 0 Å². The van der Waals surface area contributed by atoms with E-state index in [2.05, 4.69) is 29.2 Å². The average Bonchev–Trinajstić information content (AvgIpc) is 3.37. The Hall–Kier alpha value is -2.28. The topological polar surface area (TPSA) is 68.0 Å². The number of hydrogen-bond donors (Lipinski definition) is 1. The van der Waals surface area contributed by atoms with Crippen molar-refractivity contribution < 1.29 is 14.3 Å². The lowest BCUT2D eigenvalue weighted by Crippen LogP contribution is -2.41. The molecule has 0 radical (unpaired) electrons. The standard InChI is InChI=1S/C23H29N3O3.ClH/c1-28-19-10-18(11-20(12-19)29-2)26-9-8-22(23(26)27)25-14-17(13-24)21(15-25)16-6-4-3-5-7-16;/h3-7,10-12,17,21-22H,8-9,13-15,24H2,1-2H3;1H/t17-,21+,22?;/m1./s1. The molecule has 3 atom stereocenters. The number of amides is 1. The molecular formula is C23H30ClN3O3. The predicted molar refractivity (Wildman–Crippen MR) is 121 cm³/mol. The van der Waals surface area contributed by atoms with Gasteiger partial charge in [-0.15, -0.1) is 12.4 Å². The van der Waals surface area contributed by atoms with Crippen LogP contribution in [0.5, 0.6) is 11.5 Å². The minimum atomic E-state index is -0.102. The Bertz CT molecular complexity index is 842. The van der Waals surface area contributed by atoms with Gasteiger partial charge in [-0.2, -0.15) is 0 Å². The van der Waals surface area contributed by atoms with Crippen molar-refractivity contribution in [1.29, 1.82) is 0 Å². The minimum Gasteiger partial charge on any atom is -0.497 e. The normalized spacial score (nSPS) is 24.0. The van der Waals surface area contributed by atoms with Crippen LogP contribution in [-0.4, -0.2) is 57.2 Å². The third-order valence-electron chi connectivity index (χ3n) is 6.27. The first-order chi connectivity index (χ1) is 14.1. The van der Waals surface area contributed by atoms with Crippen LogP contribution in [0.25, 0.3) is 0 Å². The van der Waals surface area contributed by atoms with Crippen molar-refractivity contribution in [2.45, 2.75) is 18.4 Å². The van der Waals surface area contributed by atoms with Crippen LogP contribution >= 0.6 is 12.4 Å². The van der Waals surface area contributed by atoms with Crippen LogP contribution < -0.4 is 20.1 Å². The van der Waals surface area contributed by atoms with E-state index in [9.17, 15) is 4.79 Å². The molecule has 2 fully saturated rings. The smallest absolute Gasteiger partial charge is 0.244 e. The van der Waals surface area contributed by atoms with Crippen molar-refractivity contribution in [1.82, 2.24) is 4.90 Å². The van der Waals surface area contributed by atoms with Crippen molar-refractivity contribution in [3.8, 4) is 11.5 Å². The van der Waals surface area contributed by atoms with E-state index in [0.717, 1.165) is 25.2 Å². The van der Waals surface area contributed by atoms with Gasteiger partial charge in [0.25, 0.3) is 0 Å².